The summed E-state index contributed by atoms with van der Waals surface area (Å²) in [5.41, 5.74) is 6.87. The number of allylic oxidation sites excluding steroid dienone is 1. The Morgan fingerprint density at radius 2 is 1.88 bits per heavy atom. The van der Waals surface area contributed by atoms with E-state index in [1.54, 1.807) is 0 Å². The number of fused-ring (bicyclic) bond motifs is 1. The SMILES string of the molecule is Cc1cccc(-c2cccc3c2CC=C3)c1. The Morgan fingerprint density at radius 3 is 2.75 bits per heavy atom. The molecule has 0 aliphatic heterocycles. The van der Waals surface area contributed by atoms with E-state index in [0.717, 1.165) is 6.42 Å². The molecule has 0 bridgehead atoms. The molecule has 0 radical (unpaired) electrons. The van der Waals surface area contributed by atoms with Crippen LogP contribution in [0.5, 0.6) is 0 Å². The van der Waals surface area contributed by atoms with Gasteiger partial charge in [0.15, 0.2) is 0 Å². The van der Waals surface area contributed by atoms with Crippen LogP contribution in [0.15, 0.2) is 48.5 Å². The summed E-state index contributed by atoms with van der Waals surface area (Å²) in [4.78, 5) is 0. The molecular weight excluding hydrogens is 192 g/mol. The van der Waals surface area contributed by atoms with Gasteiger partial charge in [-0.2, -0.15) is 0 Å². The molecule has 0 nitrogen and oxygen atoms in total. The van der Waals surface area contributed by atoms with Crippen molar-refractivity contribution in [1.82, 2.24) is 0 Å². The van der Waals surface area contributed by atoms with Gasteiger partial charge in [-0.15, -0.1) is 0 Å². The molecular formula is C16H14. The van der Waals surface area contributed by atoms with Gasteiger partial charge < -0.3 is 0 Å². The summed E-state index contributed by atoms with van der Waals surface area (Å²) < 4.78 is 0. The van der Waals surface area contributed by atoms with Crippen molar-refractivity contribution in [2.45, 2.75) is 13.3 Å². The van der Waals surface area contributed by atoms with Crippen molar-refractivity contribution in [2.24, 2.45) is 0 Å². The first-order valence-electron chi connectivity index (χ1n) is 5.70. The van der Waals surface area contributed by atoms with Crippen LogP contribution in [0.1, 0.15) is 16.7 Å². The molecule has 0 amide bonds. The third-order valence-corrected chi connectivity index (χ3v) is 3.16. The van der Waals surface area contributed by atoms with Gasteiger partial charge in [0.05, 0.1) is 0 Å². The van der Waals surface area contributed by atoms with Crippen LogP contribution in [0, 0.1) is 6.92 Å². The Kier molecular flexibility index (Phi) is 2.14. The minimum Gasteiger partial charge on any atom is -0.0795 e. The van der Waals surface area contributed by atoms with Crippen LogP contribution in [0.3, 0.4) is 0 Å². The smallest absolute Gasteiger partial charge is 0.00820 e. The zero-order valence-electron chi connectivity index (χ0n) is 9.40. The fourth-order valence-corrected chi connectivity index (χ4v) is 2.38. The Morgan fingerprint density at radius 1 is 1.00 bits per heavy atom. The van der Waals surface area contributed by atoms with E-state index in [1.165, 1.54) is 27.8 Å². The van der Waals surface area contributed by atoms with Gasteiger partial charge in [0.25, 0.3) is 0 Å². The average molecular weight is 206 g/mol. The number of hydrogen-bond donors (Lipinski definition) is 0. The number of aryl methyl sites for hydroxylation is 1. The van der Waals surface area contributed by atoms with Crippen LogP contribution >= 0.6 is 0 Å². The predicted octanol–water partition coefficient (Wildman–Crippen LogP) is 4.23. The lowest BCUT2D eigenvalue weighted by atomic mass is 9.95. The van der Waals surface area contributed by atoms with Crippen LogP contribution in [-0.2, 0) is 6.42 Å². The third-order valence-electron chi connectivity index (χ3n) is 3.16. The second kappa shape index (κ2) is 3.64. The molecule has 0 spiro atoms. The molecule has 16 heavy (non-hydrogen) atoms. The van der Waals surface area contributed by atoms with Crippen LogP contribution in [0.4, 0.5) is 0 Å². The van der Waals surface area contributed by atoms with E-state index in [0.29, 0.717) is 0 Å². The standard InChI is InChI=1S/C16H14/c1-12-5-2-8-14(11-12)16-10-4-7-13-6-3-9-15(13)16/h2-8,10-11H,9H2,1H3. The summed E-state index contributed by atoms with van der Waals surface area (Å²) in [5.74, 6) is 0. The van der Waals surface area contributed by atoms with E-state index in [-0.39, 0.29) is 0 Å². The summed E-state index contributed by atoms with van der Waals surface area (Å²) in [7, 11) is 0. The Labute approximate surface area is 96.3 Å². The summed E-state index contributed by atoms with van der Waals surface area (Å²) in [6, 6.07) is 15.3. The van der Waals surface area contributed by atoms with E-state index in [2.05, 4.69) is 61.5 Å². The second-order valence-corrected chi connectivity index (χ2v) is 4.35. The summed E-state index contributed by atoms with van der Waals surface area (Å²) in [6.45, 7) is 2.14. The Hall–Kier alpha value is -1.82. The molecule has 78 valence electrons. The normalized spacial score (nSPS) is 12.8. The highest BCUT2D eigenvalue weighted by atomic mass is 14.1. The van der Waals surface area contributed by atoms with Crippen LogP contribution < -0.4 is 0 Å². The van der Waals surface area contributed by atoms with E-state index in [1.807, 2.05) is 0 Å². The van der Waals surface area contributed by atoms with Crippen molar-refractivity contribution in [2.75, 3.05) is 0 Å². The molecule has 0 N–H and O–H groups in total. The fourth-order valence-electron chi connectivity index (χ4n) is 2.38. The molecule has 0 heteroatoms. The largest absolute Gasteiger partial charge is 0.0795 e. The van der Waals surface area contributed by atoms with Crippen LogP contribution in [0.25, 0.3) is 17.2 Å². The lowest BCUT2D eigenvalue weighted by Gasteiger charge is -2.09. The topological polar surface area (TPSA) is 0 Å². The van der Waals surface area contributed by atoms with E-state index in [9.17, 15) is 0 Å². The highest BCUT2D eigenvalue weighted by Crippen LogP contribution is 2.31. The van der Waals surface area contributed by atoms with Gasteiger partial charge in [-0.05, 0) is 35.6 Å². The molecule has 3 rings (SSSR count). The van der Waals surface area contributed by atoms with Gasteiger partial charge in [0.2, 0.25) is 0 Å². The van der Waals surface area contributed by atoms with Gasteiger partial charge in [-0.1, -0.05) is 60.2 Å². The number of hydrogen-bond acceptors (Lipinski definition) is 0. The zero-order valence-corrected chi connectivity index (χ0v) is 9.40. The minimum absolute atomic E-state index is 1.07. The van der Waals surface area contributed by atoms with Gasteiger partial charge >= 0.3 is 0 Å². The maximum absolute atomic E-state index is 2.26. The summed E-state index contributed by atoms with van der Waals surface area (Å²) in [5, 5.41) is 0. The summed E-state index contributed by atoms with van der Waals surface area (Å²) in [6.07, 6.45) is 5.53. The van der Waals surface area contributed by atoms with Crippen molar-refractivity contribution in [3.8, 4) is 11.1 Å². The Balaban J connectivity index is 2.18. The van der Waals surface area contributed by atoms with Gasteiger partial charge in [0.1, 0.15) is 0 Å². The molecule has 0 atom stereocenters. The maximum Gasteiger partial charge on any atom is -0.00820 e. The van der Waals surface area contributed by atoms with Crippen molar-refractivity contribution in [3.63, 3.8) is 0 Å². The van der Waals surface area contributed by atoms with Crippen molar-refractivity contribution < 1.29 is 0 Å². The Bertz CT molecular complexity index is 562. The fraction of sp³-hybridized carbons (Fsp3) is 0.125. The highest BCUT2D eigenvalue weighted by Gasteiger charge is 2.10. The third kappa shape index (κ3) is 1.47. The van der Waals surface area contributed by atoms with Gasteiger partial charge in [-0.25, -0.2) is 0 Å². The molecule has 0 saturated heterocycles. The van der Waals surface area contributed by atoms with Crippen LogP contribution in [0.2, 0.25) is 0 Å². The minimum atomic E-state index is 1.07. The average Bonchev–Trinajstić information content (AvgIpc) is 2.76. The van der Waals surface area contributed by atoms with Crippen LogP contribution in [-0.4, -0.2) is 0 Å². The molecule has 2 aromatic rings. The second-order valence-electron chi connectivity index (χ2n) is 4.35. The molecule has 0 fully saturated rings. The molecule has 1 aliphatic carbocycles. The first-order chi connectivity index (χ1) is 7.84. The first-order valence-corrected chi connectivity index (χ1v) is 5.70. The predicted molar refractivity (Wildman–Crippen MR) is 69.4 cm³/mol. The molecule has 0 heterocycles. The molecule has 1 aliphatic rings. The zero-order chi connectivity index (χ0) is 11.0. The molecule has 0 unspecified atom stereocenters. The first kappa shape index (κ1) is 9.41. The quantitative estimate of drug-likeness (QED) is 0.655. The maximum atomic E-state index is 2.26. The van der Waals surface area contributed by atoms with Crippen molar-refractivity contribution in [3.05, 3.63) is 65.2 Å². The molecule has 0 aromatic heterocycles. The van der Waals surface area contributed by atoms with E-state index >= 15 is 0 Å². The monoisotopic (exact) mass is 206 g/mol. The lowest BCUT2D eigenvalue weighted by Crippen LogP contribution is -1.88. The lowest BCUT2D eigenvalue weighted by molar-refractivity contribution is 1.31. The summed E-state index contributed by atoms with van der Waals surface area (Å²) >= 11 is 0. The van der Waals surface area contributed by atoms with Gasteiger partial charge in [-0.3, -0.25) is 0 Å². The van der Waals surface area contributed by atoms with E-state index in [4.69, 9.17) is 0 Å². The highest BCUT2D eigenvalue weighted by molar-refractivity contribution is 5.75. The molecule has 0 saturated carbocycles. The van der Waals surface area contributed by atoms with E-state index < -0.39 is 0 Å². The van der Waals surface area contributed by atoms with Gasteiger partial charge in [0, 0.05) is 0 Å². The number of benzene rings is 2. The van der Waals surface area contributed by atoms with Crippen molar-refractivity contribution in [1.29, 1.82) is 0 Å². The number of rotatable bonds is 1. The van der Waals surface area contributed by atoms with Crippen molar-refractivity contribution >= 4 is 6.08 Å². The molecule has 2 aromatic carbocycles.